The summed E-state index contributed by atoms with van der Waals surface area (Å²) in [4.78, 5) is 11.8. The van der Waals surface area contributed by atoms with Gasteiger partial charge in [0.2, 0.25) is 0 Å². The normalized spacial score (nSPS) is 16.4. The van der Waals surface area contributed by atoms with Crippen molar-refractivity contribution in [2.24, 2.45) is 5.92 Å². The van der Waals surface area contributed by atoms with Gasteiger partial charge in [-0.05, 0) is 44.7 Å². The molecular formula is C14H19NO2. The van der Waals surface area contributed by atoms with Crippen molar-refractivity contribution >= 4 is 11.7 Å². The van der Waals surface area contributed by atoms with E-state index in [2.05, 4.69) is 5.32 Å². The summed E-state index contributed by atoms with van der Waals surface area (Å²) in [5.41, 5.74) is 2.20. The van der Waals surface area contributed by atoms with E-state index < -0.39 is 0 Å². The van der Waals surface area contributed by atoms with Gasteiger partial charge in [-0.25, -0.2) is 4.79 Å². The van der Waals surface area contributed by atoms with E-state index in [4.69, 9.17) is 4.74 Å². The van der Waals surface area contributed by atoms with Gasteiger partial charge in [-0.1, -0.05) is 17.7 Å². The van der Waals surface area contributed by atoms with Gasteiger partial charge >= 0.3 is 5.97 Å². The number of ether oxygens (including phenoxy) is 1. The smallest absolute Gasteiger partial charge is 0.328 e. The lowest BCUT2D eigenvalue weighted by atomic mass is 10.1. The van der Waals surface area contributed by atoms with Crippen LogP contribution in [0.4, 0.5) is 5.69 Å². The Morgan fingerprint density at radius 2 is 2.06 bits per heavy atom. The van der Waals surface area contributed by atoms with E-state index in [0.29, 0.717) is 12.5 Å². The Balaban J connectivity index is 2.02. The predicted octanol–water partition coefficient (Wildman–Crippen LogP) is 2.75. The molecule has 0 aromatic heterocycles. The van der Waals surface area contributed by atoms with E-state index in [-0.39, 0.29) is 12.0 Å². The third-order valence-electron chi connectivity index (χ3n) is 3.01. The average molecular weight is 233 g/mol. The Morgan fingerprint density at radius 3 is 2.59 bits per heavy atom. The number of hydrogen-bond acceptors (Lipinski definition) is 3. The minimum absolute atomic E-state index is 0.129. The van der Waals surface area contributed by atoms with Crippen LogP contribution >= 0.6 is 0 Å². The van der Waals surface area contributed by atoms with Crippen LogP contribution in [-0.2, 0) is 9.53 Å². The van der Waals surface area contributed by atoms with Crippen molar-refractivity contribution in [3.05, 3.63) is 29.8 Å². The van der Waals surface area contributed by atoms with E-state index in [9.17, 15) is 4.79 Å². The van der Waals surface area contributed by atoms with E-state index >= 15 is 0 Å². The van der Waals surface area contributed by atoms with Crippen LogP contribution in [0.1, 0.15) is 25.3 Å². The number of aryl methyl sites for hydroxylation is 1. The molecule has 17 heavy (non-hydrogen) atoms. The van der Waals surface area contributed by atoms with Crippen LogP contribution in [0.2, 0.25) is 0 Å². The van der Waals surface area contributed by atoms with Crippen molar-refractivity contribution < 1.29 is 9.53 Å². The van der Waals surface area contributed by atoms with Gasteiger partial charge < -0.3 is 10.1 Å². The maximum atomic E-state index is 11.8. The Morgan fingerprint density at radius 1 is 1.41 bits per heavy atom. The number of nitrogens with one attached hydrogen (secondary N) is 1. The van der Waals surface area contributed by atoms with Crippen LogP contribution in [0.15, 0.2) is 24.3 Å². The zero-order valence-electron chi connectivity index (χ0n) is 10.4. The van der Waals surface area contributed by atoms with Gasteiger partial charge in [0.1, 0.15) is 6.04 Å². The Kier molecular flexibility index (Phi) is 3.67. The molecule has 1 fully saturated rings. The molecule has 0 aliphatic heterocycles. The third kappa shape index (κ3) is 3.22. The average Bonchev–Trinajstić information content (AvgIpc) is 3.12. The van der Waals surface area contributed by atoms with E-state index in [0.717, 1.165) is 18.5 Å². The van der Waals surface area contributed by atoms with Gasteiger partial charge in [0, 0.05) is 5.69 Å². The van der Waals surface area contributed by atoms with Crippen molar-refractivity contribution in [2.75, 3.05) is 11.9 Å². The standard InChI is InChI=1S/C14H19NO2/c1-3-17-14(16)13(11-6-7-11)15-12-8-4-10(2)5-9-12/h4-5,8-9,11,13,15H,3,6-7H2,1-2H3. The summed E-state index contributed by atoms with van der Waals surface area (Å²) in [6, 6.07) is 7.90. The molecule has 0 spiro atoms. The first kappa shape index (κ1) is 12.0. The second kappa shape index (κ2) is 5.21. The molecule has 1 aromatic carbocycles. The molecule has 0 amide bonds. The Labute approximate surface area is 102 Å². The van der Waals surface area contributed by atoms with Crippen molar-refractivity contribution in [2.45, 2.75) is 32.7 Å². The summed E-state index contributed by atoms with van der Waals surface area (Å²) in [7, 11) is 0. The first-order chi connectivity index (χ1) is 8.20. The molecule has 3 heteroatoms. The second-order valence-electron chi connectivity index (χ2n) is 4.58. The second-order valence-corrected chi connectivity index (χ2v) is 4.58. The van der Waals surface area contributed by atoms with Gasteiger partial charge in [0.05, 0.1) is 6.61 Å². The molecule has 1 aliphatic rings. The lowest BCUT2D eigenvalue weighted by molar-refractivity contribution is -0.144. The van der Waals surface area contributed by atoms with Crippen molar-refractivity contribution in [3.8, 4) is 0 Å². The van der Waals surface area contributed by atoms with Crippen molar-refractivity contribution in [1.29, 1.82) is 0 Å². The first-order valence-corrected chi connectivity index (χ1v) is 6.20. The van der Waals surface area contributed by atoms with Gasteiger partial charge in [0.25, 0.3) is 0 Å². The maximum absolute atomic E-state index is 11.8. The van der Waals surface area contributed by atoms with Crippen LogP contribution in [0.5, 0.6) is 0 Å². The van der Waals surface area contributed by atoms with Crippen molar-refractivity contribution in [3.63, 3.8) is 0 Å². The fourth-order valence-corrected chi connectivity index (χ4v) is 1.86. The molecule has 92 valence electrons. The topological polar surface area (TPSA) is 38.3 Å². The third-order valence-corrected chi connectivity index (χ3v) is 3.01. The summed E-state index contributed by atoms with van der Waals surface area (Å²) < 4.78 is 5.10. The number of rotatable bonds is 5. The molecule has 0 heterocycles. The summed E-state index contributed by atoms with van der Waals surface area (Å²) in [5.74, 6) is 0.311. The minimum atomic E-state index is -0.183. The van der Waals surface area contributed by atoms with E-state index in [1.165, 1.54) is 5.56 Å². The molecule has 1 unspecified atom stereocenters. The molecule has 0 saturated heterocycles. The predicted molar refractivity (Wildman–Crippen MR) is 67.9 cm³/mol. The summed E-state index contributed by atoms with van der Waals surface area (Å²) in [6.07, 6.45) is 2.23. The van der Waals surface area contributed by atoms with Gasteiger partial charge in [-0.3, -0.25) is 0 Å². The fourth-order valence-electron chi connectivity index (χ4n) is 1.86. The molecule has 0 radical (unpaired) electrons. The summed E-state index contributed by atoms with van der Waals surface area (Å²) >= 11 is 0. The summed E-state index contributed by atoms with van der Waals surface area (Å²) in [6.45, 7) is 4.33. The quantitative estimate of drug-likeness (QED) is 0.795. The summed E-state index contributed by atoms with van der Waals surface area (Å²) in [5, 5.41) is 3.28. The number of carbonyl (C=O) groups is 1. The molecule has 2 rings (SSSR count). The van der Waals surface area contributed by atoms with E-state index in [1.54, 1.807) is 0 Å². The zero-order chi connectivity index (χ0) is 12.3. The highest BCUT2D eigenvalue weighted by atomic mass is 16.5. The van der Waals surface area contributed by atoms with Crippen molar-refractivity contribution in [1.82, 2.24) is 0 Å². The monoisotopic (exact) mass is 233 g/mol. The highest BCUT2D eigenvalue weighted by molar-refractivity contribution is 5.80. The van der Waals surface area contributed by atoms with Gasteiger partial charge in [0.15, 0.2) is 0 Å². The van der Waals surface area contributed by atoms with Crippen LogP contribution in [0.3, 0.4) is 0 Å². The molecule has 1 aromatic rings. The molecule has 0 bridgehead atoms. The number of esters is 1. The maximum Gasteiger partial charge on any atom is 0.328 e. The molecule has 1 N–H and O–H groups in total. The molecular weight excluding hydrogens is 214 g/mol. The first-order valence-electron chi connectivity index (χ1n) is 6.20. The van der Waals surface area contributed by atoms with Gasteiger partial charge in [-0.15, -0.1) is 0 Å². The molecule has 1 saturated carbocycles. The van der Waals surface area contributed by atoms with Crippen LogP contribution in [-0.4, -0.2) is 18.6 Å². The fraction of sp³-hybridized carbons (Fsp3) is 0.500. The number of anilines is 1. The Bertz CT molecular complexity index is 382. The largest absolute Gasteiger partial charge is 0.464 e. The zero-order valence-corrected chi connectivity index (χ0v) is 10.4. The highest BCUT2D eigenvalue weighted by Crippen LogP contribution is 2.34. The van der Waals surface area contributed by atoms with Crippen LogP contribution in [0, 0.1) is 12.8 Å². The highest BCUT2D eigenvalue weighted by Gasteiger charge is 2.37. The van der Waals surface area contributed by atoms with Crippen LogP contribution < -0.4 is 5.32 Å². The lowest BCUT2D eigenvalue weighted by Gasteiger charge is -2.17. The van der Waals surface area contributed by atoms with Gasteiger partial charge in [-0.2, -0.15) is 0 Å². The molecule has 1 aliphatic carbocycles. The molecule has 1 atom stereocenters. The number of hydrogen-bond donors (Lipinski definition) is 1. The number of benzene rings is 1. The van der Waals surface area contributed by atoms with Crippen LogP contribution in [0.25, 0.3) is 0 Å². The SMILES string of the molecule is CCOC(=O)C(Nc1ccc(C)cc1)C1CC1. The number of carbonyl (C=O) groups excluding carboxylic acids is 1. The Hall–Kier alpha value is -1.51. The van der Waals surface area contributed by atoms with E-state index in [1.807, 2.05) is 38.1 Å². The molecule has 3 nitrogen and oxygen atoms in total. The lowest BCUT2D eigenvalue weighted by Crippen LogP contribution is -2.33. The minimum Gasteiger partial charge on any atom is -0.464 e.